The predicted molar refractivity (Wildman–Crippen MR) is 46.4 cm³/mol. The van der Waals surface area contributed by atoms with Crippen molar-refractivity contribution in [2.24, 2.45) is 0 Å². The molecule has 2 radical (unpaired) electrons. The molecule has 2 rings (SSSR count). The van der Waals surface area contributed by atoms with Crippen molar-refractivity contribution >= 4 is 10.8 Å². The number of aryl methyl sites for hydroxylation is 1. The summed E-state index contributed by atoms with van der Waals surface area (Å²) in [6.45, 7) is 2.07. The number of benzene rings is 2. The van der Waals surface area contributed by atoms with Gasteiger partial charge in [-0.2, -0.15) is 0 Å². The van der Waals surface area contributed by atoms with E-state index in [1.807, 2.05) is 18.2 Å². The van der Waals surface area contributed by atoms with Crippen molar-refractivity contribution in [1.82, 2.24) is 0 Å². The first kappa shape index (κ1) is 6.41. The van der Waals surface area contributed by atoms with Crippen LogP contribution < -0.4 is 0 Å². The molecule has 2 aromatic rings. The minimum atomic E-state index is 1.21. The maximum atomic E-state index is 3.16. The Morgan fingerprint density at radius 1 is 1.18 bits per heavy atom. The second-order valence-electron chi connectivity index (χ2n) is 2.62. The Kier molecular flexibility index (Phi) is 1.39. The standard InChI is InChI=1S/C11H8/c1-9-5-4-7-10-6-2-3-8-11(9)10/h3-4,6-8H,1H3. The predicted octanol–water partition coefficient (Wildman–Crippen LogP) is 2.75. The van der Waals surface area contributed by atoms with E-state index in [1.165, 1.54) is 16.3 Å². The van der Waals surface area contributed by atoms with Crippen LogP contribution in [0.5, 0.6) is 0 Å². The molecule has 11 heavy (non-hydrogen) atoms. The van der Waals surface area contributed by atoms with Gasteiger partial charge in [0.15, 0.2) is 0 Å². The average molecular weight is 140 g/mol. The van der Waals surface area contributed by atoms with E-state index in [2.05, 4.69) is 31.2 Å². The maximum Gasteiger partial charge on any atom is -0.0145 e. The molecule has 0 heteroatoms. The van der Waals surface area contributed by atoms with Crippen LogP contribution in [0.1, 0.15) is 5.56 Å². The summed E-state index contributed by atoms with van der Waals surface area (Å²) < 4.78 is 0. The molecular formula is C11H8. The Morgan fingerprint density at radius 3 is 2.91 bits per heavy atom. The van der Waals surface area contributed by atoms with Crippen molar-refractivity contribution in [3.05, 3.63) is 48.0 Å². The van der Waals surface area contributed by atoms with E-state index in [1.54, 1.807) is 0 Å². The quantitative estimate of drug-likeness (QED) is 0.527. The molecule has 52 valence electrons. The molecule has 0 saturated heterocycles. The summed E-state index contributed by atoms with van der Waals surface area (Å²) in [5.74, 6) is 0. The lowest BCUT2D eigenvalue weighted by Crippen LogP contribution is -1.76. The Hall–Kier alpha value is -1.30. The Labute approximate surface area is 66.5 Å². The van der Waals surface area contributed by atoms with Crippen LogP contribution in [0.4, 0.5) is 0 Å². The molecule has 0 atom stereocenters. The lowest BCUT2D eigenvalue weighted by atomic mass is 10.1. The average Bonchev–Trinajstić information content (AvgIpc) is 2.06. The van der Waals surface area contributed by atoms with E-state index >= 15 is 0 Å². The molecule has 0 aliphatic heterocycles. The van der Waals surface area contributed by atoms with Gasteiger partial charge in [0.05, 0.1) is 0 Å². The van der Waals surface area contributed by atoms with Crippen LogP contribution in [0.2, 0.25) is 0 Å². The highest BCUT2D eigenvalue weighted by Crippen LogP contribution is 2.15. The lowest BCUT2D eigenvalue weighted by molar-refractivity contribution is 1.52. The fourth-order valence-corrected chi connectivity index (χ4v) is 1.26. The third-order valence-corrected chi connectivity index (χ3v) is 1.86. The van der Waals surface area contributed by atoms with E-state index in [0.717, 1.165) is 0 Å². The first-order valence-electron chi connectivity index (χ1n) is 3.65. The minimum Gasteiger partial charge on any atom is -0.0537 e. The van der Waals surface area contributed by atoms with E-state index < -0.39 is 0 Å². The summed E-state index contributed by atoms with van der Waals surface area (Å²) in [4.78, 5) is 0. The molecule has 0 aromatic heterocycles. The summed E-state index contributed by atoms with van der Waals surface area (Å²) in [7, 11) is 0. The molecule has 0 spiro atoms. The third-order valence-electron chi connectivity index (χ3n) is 1.86. The fraction of sp³-hybridized carbons (Fsp3) is 0.0909. The van der Waals surface area contributed by atoms with Gasteiger partial charge in [0.2, 0.25) is 0 Å². The van der Waals surface area contributed by atoms with E-state index in [9.17, 15) is 0 Å². The molecule has 0 bridgehead atoms. The Morgan fingerprint density at radius 2 is 2.09 bits per heavy atom. The van der Waals surface area contributed by atoms with Gasteiger partial charge in [-0.05, 0) is 41.5 Å². The van der Waals surface area contributed by atoms with Gasteiger partial charge in [-0.25, -0.2) is 0 Å². The molecule has 0 aliphatic carbocycles. The van der Waals surface area contributed by atoms with Crippen molar-refractivity contribution in [2.45, 2.75) is 6.92 Å². The second-order valence-corrected chi connectivity index (χ2v) is 2.62. The number of hydrogen-bond acceptors (Lipinski definition) is 0. The van der Waals surface area contributed by atoms with Gasteiger partial charge in [-0.3, -0.25) is 0 Å². The highest BCUT2D eigenvalue weighted by Gasteiger charge is 1.92. The molecular weight excluding hydrogens is 132 g/mol. The van der Waals surface area contributed by atoms with Crippen molar-refractivity contribution in [3.63, 3.8) is 0 Å². The van der Waals surface area contributed by atoms with Gasteiger partial charge in [0.1, 0.15) is 0 Å². The van der Waals surface area contributed by atoms with Crippen molar-refractivity contribution in [1.29, 1.82) is 0 Å². The summed E-state index contributed by atoms with van der Waals surface area (Å²) in [6.07, 6.45) is 0. The Bertz CT molecular complexity index is 369. The van der Waals surface area contributed by atoms with Crippen LogP contribution in [0.15, 0.2) is 30.3 Å². The topological polar surface area (TPSA) is 0 Å². The Balaban J connectivity index is 2.91. The summed E-state index contributed by atoms with van der Waals surface area (Å²) in [6, 6.07) is 16.2. The minimum absolute atomic E-state index is 1.21. The SMILES string of the molecule is Cc1[c]ccc2c[c]ccc12. The smallest absolute Gasteiger partial charge is 0.0145 e. The molecule has 0 N–H and O–H groups in total. The highest BCUT2D eigenvalue weighted by molar-refractivity contribution is 5.84. The van der Waals surface area contributed by atoms with Gasteiger partial charge in [0.25, 0.3) is 0 Å². The summed E-state index contributed by atoms with van der Waals surface area (Å²) >= 11 is 0. The van der Waals surface area contributed by atoms with E-state index in [0.29, 0.717) is 0 Å². The summed E-state index contributed by atoms with van der Waals surface area (Å²) in [5.41, 5.74) is 1.21. The molecule has 0 unspecified atom stereocenters. The first-order chi connectivity index (χ1) is 5.38. The van der Waals surface area contributed by atoms with Gasteiger partial charge in [0, 0.05) is 0 Å². The highest BCUT2D eigenvalue weighted by atomic mass is 14.0. The molecule has 0 nitrogen and oxygen atoms in total. The number of hydrogen-bond donors (Lipinski definition) is 0. The fourth-order valence-electron chi connectivity index (χ4n) is 1.26. The van der Waals surface area contributed by atoms with Crippen LogP contribution in [0.25, 0.3) is 10.8 Å². The number of fused-ring (bicyclic) bond motifs is 1. The molecule has 0 saturated carbocycles. The normalized spacial score (nSPS) is 10.3. The largest absolute Gasteiger partial charge is 0.0537 e. The zero-order chi connectivity index (χ0) is 7.68. The van der Waals surface area contributed by atoms with Gasteiger partial charge < -0.3 is 0 Å². The van der Waals surface area contributed by atoms with Gasteiger partial charge >= 0.3 is 0 Å². The van der Waals surface area contributed by atoms with E-state index in [4.69, 9.17) is 0 Å². The van der Waals surface area contributed by atoms with Crippen LogP contribution in [0, 0.1) is 19.1 Å². The maximum absolute atomic E-state index is 3.16. The van der Waals surface area contributed by atoms with Crippen molar-refractivity contribution in [2.75, 3.05) is 0 Å². The molecule has 2 aromatic carbocycles. The zero-order valence-electron chi connectivity index (χ0n) is 6.39. The van der Waals surface area contributed by atoms with Gasteiger partial charge in [-0.1, -0.05) is 24.3 Å². The van der Waals surface area contributed by atoms with E-state index in [-0.39, 0.29) is 0 Å². The summed E-state index contributed by atoms with van der Waals surface area (Å²) in [5, 5.41) is 2.51. The number of rotatable bonds is 0. The van der Waals surface area contributed by atoms with Crippen molar-refractivity contribution < 1.29 is 0 Å². The van der Waals surface area contributed by atoms with Crippen LogP contribution in [0.3, 0.4) is 0 Å². The van der Waals surface area contributed by atoms with Crippen LogP contribution >= 0.6 is 0 Å². The monoisotopic (exact) mass is 140 g/mol. The van der Waals surface area contributed by atoms with Crippen molar-refractivity contribution in [3.8, 4) is 0 Å². The lowest BCUT2D eigenvalue weighted by Gasteiger charge is -1.98. The van der Waals surface area contributed by atoms with Crippen LogP contribution in [-0.2, 0) is 0 Å². The van der Waals surface area contributed by atoms with Gasteiger partial charge in [-0.15, -0.1) is 0 Å². The zero-order valence-corrected chi connectivity index (χ0v) is 6.39. The molecule has 0 fully saturated rings. The molecule has 0 aliphatic rings. The first-order valence-corrected chi connectivity index (χ1v) is 3.65. The van der Waals surface area contributed by atoms with Crippen LogP contribution in [-0.4, -0.2) is 0 Å². The second kappa shape index (κ2) is 2.39. The molecule has 0 heterocycles. The molecule has 0 amide bonds. The third kappa shape index (κ3) is 1.01.